The molecule has 214 valence electrons. The van der Waals surface area contributed by atoms with Crippen LogP contribution in [0.25, 0.3) is 72.8 Å². The zero-order chi connectivity index (χ0) is 29.7. The first-order valence-corrected chi connectivity index (χ1v) is 15.9. The van der Waals surface area contributed by atoms with Gasteiger partial charge in [-0.2, -0.15) is 0 Å². The van der Waals surface area contributed by atoms with Gasteiger partial charge < -0.3 is 9.13 Å². The highest BCUT2D eigenvalue weighted by Gasteiger charge is 2.21. The molecule has 45 heavy (non-hydrogen) atoms. The van der Waals surface area contributed by atoms with Crippen molar-refractivity contribution >= 4 is 44.9 Å². The molecule has 0 saturated heterocycles. The molecule has 0 saturated carbocycles. The van der Waals surface area contributed by atoms with Crippen LogP contribution in [0.2, 0.25) is 0 Å². The van der Waals surface area contributed by atoms with Crippen molar-refractivity contribution < 1.29 is 0 Å². The highest BCUT2D eigenvalue weighted by Crippen LogP contribution is 2.41. The van der Waals surface area contributed by atoms with E-state index in [0.29, 0.717) is 6.04 Å². The number of hydrogen-bond donors (Lipinski definition) is 0. The second-order valence-electron chi connectivity index (χ2n) is 12.0. The Morgan fingerprint density at radius 3 is 2.18 bits per heavy atom. The topological polar surface area (TPSA) is 9.86 Å². The Labute approximate surface area is 263 Å². The lowest BCUT2D eigenvalue weighted by Crippen LogP contribution is -2.06. The standard InChI is InChI=1S/C43H32N2/c1-4-13-30(14-5-1)31-23-26-34(27-24-31)45-41-21-9-3-8-17-36(41)38-20-12-19-35(43(38)45)32-25-28-42-39(29-32)37-18-10-11-22-40(37)44(42)33-15-6-2-7-16-33/h1-2,4-15,17-29,33H,3,16H2. The molecule has 0 N–H and O–H groups in total. The van der Waals surface area contributed by atoms with Gasteiger partial charge in [0.2, 0.25) is 0 Å². The van der Waals surface area contributed by atoms with Gasteiger partial charge in [-0.05, 0) is 65.9 Å². The van der Waals surface area contributed by atoms with E-state index in [-0.39, 0.29) is 0 Å². The van der Waals surface area contributed by atoms with Gasteiger partial charge in [-0.15, -0.1) is 0 Å². The molecule has 1 atom stereocenters. The van der Waals surface area contributed by atoms with Crippen molar-refractivity contribution in [1.29, 1.82) is 0 Å². The van der Waals surface area contributed by atoms with E-state index in [0.717, 1.165) is 12.8 Å². The molecular formula is C43H32N2. The minimum Gasteiger partial charge on any atom is -0.333 e. The second kappa shape index (κ2) is 10.5. The van der Waals surface area contributed by atoms with Crippen molar-refractivity contribution in [2.75, 3.05) is 0 Å². The van der Waals surface area contributed by atoms with E-state index >= 15 is 0 Å². The van der Waals surface area contributed by atoms with Gasteiger partial charge in [-0.3, -0.25) is 0 Å². The highest BCUT2D eigenvalue weighted by molar-refractivity contribution is 6.11. The molecule has 0 bridgehead atoms. The van der Waals surface area contributed by atoms with Crippen LogP contribution < -0.4 is 0 Å². The second-order valence-corrected chi connectivity index (χ2v) is 12.0. The summed E-state index contributed by atoms with van der Waals surface area (Å²) in [6, 6.07) is 42.7. The van der Waals surface area contributed by atoms with Crippen molar-refractivity contribution in [3.05, 3.63) is 163 Å². The molecule has 0 radical (unpaired) electrons. The predicted octanol–water partition coefficient (Wildman–Crippen LogP) is 11.6. The number of rotatable bonds is 4. The average Bonchev–Trinajstić information content (AvgIpc) is 3.49. The first-order chi connectivity index (χ1) is 22.3. The number of allylic oxidation sites excluding steroid dienone is 6. The zero-order valence-corrected chi connectivity index (χ0v) is 25.0. The van der Waals surface area contributed by atoms with Crippen LogP contribution in [0.5, 0.6) is 0 Å². The van der Waals surface area contributed by atoms with Crippen LogP contribution in [-0.4, -0.2) is 9.13 Å². The number of fused-ring (bicyclic) bond motifs is 6. The number of nitrogens with zero attached hydrogens (tertiary/aromatic N) is 2. The van der Waals surface area contributed by atoms with Crippen molar-refractivity contribution in [1.82, 2.24) is 9.13 Å². The normalized spacial score (nSPS) is 15.7. The first-order valence-electron chi connectivity index (χ1n) is 15.9. The summed E-state index contributed by atoms with van der Waals surface area (Å²) in [5.41, 5.74) is 12.4. The summed E-state index contributed by atoms with van der Waals surface area (Å²) in [4.78, 5) is 0. The van der Waals surface area contributed by atoms with Gasteiger partial charge in [0.1, 0.15) is 0 Å². The number of hydrogen-bond acceptors (Lipinski definition) is 0. The number of para-hydroxylation sites is 2. The summed E-state index contributed by atoms with van der Waals surface area (Å²) in [5.74, 6) is 0. The quantitative estimate of drug-likeness (QED) is 0.197. The fourth-order valence-electron chi connectivity index (χ4n) is 7.39. The van der Waals surface area contributed by atoms with Gasteiger partial charge in [0.25, 0.3) is 0 Å². The van der Waals surface area contributed by atoms with E-state index in [9.17, 15) is 0 Å². The summed E-state index contributed by atoms with van der Waals surface area (Å²) in [7, 11) is 0. The molecule has 0 aliphatic heterocycles. The van der Waals surface area contributed by atoms with Crippen molar-refractivity contribution in [3.63, 3.8) is 0 Å². The SMILES string of the molecule is C1=CCC(n2c3ccccc3c3cc(-c4cccc5c6c(n(-c7ccc(-c8ccccc8)cc7)c45)C=CCC=C6)ccc32)C=C1. The molecule has 7 aromatic rings. The van der Waals surface area contributed by atoms with Crippen LogP contribution in [0, 0.1) is 0 Å². The zero-order valence-electron chi connectivity index (χ0n) is 25.0. The molecular weight excluding hydrogens is 544 g/mol. The van der Waals surface area contributed by atoms with Gasteiger partial charge >= 0.3 is 0 Å². The molecule has 2 nitrogen and oxygen atoms in total. The third kappa shape index (κ3) is 4.17. The van der Waals surface area contributed by atoms with Crippen molar-refractivity contribution in [2.45, 2.75) is 18.9 Å². The van der Waals surface area contributed by atoms with Crippen molar-refractivity contribution in [3.8, 4) is 27.9 Å². The van der Waals surface area contributed by atoms with E-state index < -0.39 is 0 Å². The maximum atomic E-state index is 2.52. The molecule has 2 aliphatic rings. The van der Waals surface area contributed by atoms with Gasteiger partial charge in [0.05, 0.1) is 17.3 Å². The predicted molar refractivity (Wildman–Crippen MR) is 192 cm³/mol. The third-order valence-electron chi connectivity index (χ3n) is 9.44. The van der Waals surface area contributed by atoms with E-state index in [4.69, 9.17) is 0 Å². The summed E-state index contributed by atoms with van der Waals surface area (Å²) >= 11 is 0. The van der Waals surface area contributed by atoms with Crippen LogP contribution in [0.3, 0.4) is 0 Å². The summed E-state index contributed by atoms with van der Waals surface area (Å²) in [6.45, 7) is 0. The number of aromatic nitrogens is 2. The smallest absolute Gasteiger partial charge is 0.0619 e. The van der Waals surface area contributed by atoms with E-state index in [1.807, 2.05) is 0 Å². The summed E-state index contributed by atoms with van der Waals surface area (Å²) in [6.07, 6.45) is 20.0. The van der Waals surface area contributed by atoms with Crippen LogP contribution in [0.4, 0.5) is 0 Å². The van der Waals surface area contributed by atoms with Gasteiger partial charge in [-0.25, -0.2) is 0 Å². The molecule has 9 rings (SSSR count). The molecule has 2 aromatic heterocycles. The Hall–Kier alpha value is -5.60. The average molecular weight is 577 g/mol. The van der Waals surface area contributed by atoms with E-state index in [2.05, 4.69) is 173 Å². The van der Waals surface area contributed by atoms with Crippen LogP contribution in [0.15, 0.2) is 152 Å². The molecule has 1 unspecified atom stereocenters. The lowest BCUT2D eigenvalue weighted by Gasteiger charge is -2.18. The summed E-state index contributed by atoms with van der Waals surface area (Å²) in [5, 5.41) is 3.88. The molecule has 0 fully saturated rings. The van der Waals surface area contributed by atoms with Crippen LogP contribution in [0.1, 0.15) is 30.1 Å². The Morgan fingerprint density at radius 2 is 1.31 bits per heavy atom. The Kier molecular flexibility index (Phi) is 6.05. The maximum Gasteiger partial charge on any atom is 0.0619 e. The monoisotopic (exact) mass is 576 g/mol. The van der Waals surface area contributed by atoms with Crippen LogP contribution >= 0.6 is 0 Å². The third-order valence-corrected chi connectivity index (χ3v) is 9.44. The Balaban J connectivity index is 1.28. The fourth-order valence-corrected chi connectivity index (χ4v) is 7.39. The minimum atomic E-state index is 0.317. The fraction of sp³-hybridized carbons (Fsp3) is 0.0698. The van der Waals surface area contributed by atoms with Gasteiger partial charge in [0, 0.05) is 44.0 Å². The molecule has 0 amide bonds. The molecule has 0 spiro atoms. The first kappa shape index (κ1) is 25.9. The molecule has 2 aliphatic carbocycles. The molecule has 5 aromatic carbocycles. The molecule has 2 heterocycles. The minimum absolute atomic E-state index is 0.317. The number of benzene rings is 5. The van der Waals surface area contributed by atoms with Crippen molar-refractivity contribution in [2.24, 2.45) is 0 Å². The Morgan fingerprint density at radius 1 is 0.556 bits per heavy atom. The molecule has 2 heteroatoms. The lowest BCUT2D eigenvalue weighted by atomic mass is 9.99. The van der Waals surface area contributed by atoms with Gasteiger partial charge in [0.15, 0.2) is 0 Å². The lowest BCUT2D eigenvalue weighted by molar-refractivity contribution is 0.648. The van der Waals surface area contributed by atoms with Gasteiger partial charge in [-0.1, -0.05) is 127 Å². The largest absolute Gasteiger partial charge is 0.333 e. The van der Waals surface area contributed by atoms with Crippen LogP contribution in [-0.2, 0) is 0 Å². The van der Waals surface area contributed by atoms with E-state index in [1.54, 1.807) is 0 Å². The highest BCUT2D eigenvalue weighted by atomic mass is 15.0. The Bertz CT molecular complexity index is 2360. The van der Waals surface area contributed by atoms with E-state index in [1.165, 1.54) is 71.9 Å². The summed E-state index contributed by atoms with van der Waals surface area (Å²) < 4.78 is 4.98. The maximum absolute atomic E-state index is 2.52.